The molecule has 2 atom stereocenters. The van der Waals surface area contributed by atoms with E-state index in [4.69, 9.17) is 0 Å². The van der Waals surface area contributed by atoms with Crippen molar-refractivity contribution < 1.29 is 9.72 Å². The number of rotatable bonds is 4. The van der Waals surface area contributed by atoms with Gasteiger partial charge in [-0.3, -0.25) is 19.8 Å². The zero-order valence-electron chi connectivity index (χ0n) is 15.7. The molecule has 2 bridgehead atoms. The van der Waals surface area contributed by atoms with Gasteiger partial charge in [0.1, 0.15) is 0 Å². The Bertz CT molecular complexity index is 692. The van der Waals surface area contributed by atoms with E-state index in [1.807, 2.05) is 26.8 Å². The van der Waals surface area contributed by atoms with Crippen LogP contribution in [0.25, 0.3) is 6.08 Å². The van der Waals surface area contributed by atoms with Gasteiger partial charge in [-0.05, 0) is 30.5 Å². The molecular weight excluding hydrogens is 330 g/mol. The molecule has 6 heteroatoms. The fraction of sp³-hybridized carbons (Fsp3) is 0.550. The molecule has 2 saturated heterocycles. The summed E-state index contributed by atoms with van der Waals surface area (Å²) >= 11 is 0. The number of amides is 1. The van der Waals surface area contributed by atoms with E-state index in [0.29, 0.717) is 12.1 Å². The van der Waals surface area contributed by atoms with Gasteiger partial charge in [0.15, 0.2) is 0 Å². The van der Waals surface area contributed by atoms with Crippen LogP contribution in [0.5, 0.6) is 0 Å². The van der Waals surface area contributed by atoms with E-state index in [0.717, 1.165) is 38.0 Å². The van der Waals surface area contributed by atoms with Crippen LogP contribution in [0.15, 0.2) is 30.3 Å². The second-order valence-corrected chi connectivity index (χ2v) is 8.32. The summed E-state index contributed by atoms with van der Waals surface area (Å²) in [6.45, 7) is 8.66. The molecule has 0 saturated carbocycles. The number of fused-ring (bicyclic) bond motifs is 2. The third-order valence-corrected chi connectivity index (χ3v) is 5.21. The molecule has 1 aromatic rings. The third kappa shape index (κ3) is 3.96. The van der Waals surface area contributed by atoms with E-state index in [9.17, 15) is 14.9 Å². The molecule has 0 spiro atoms. The second-order valence-electron chi connectivity index (χ2n) is 8.32. The Hall–Kier alpha value is -2.21. The van der Waals surface area contributed by atoms with Gasteiger partial charge < -0.3 is 4.90 Å². The Kier molecular flexibility index (Phi) is 5.14. The van der Waals surface area contributed by atoms with Crippen molar-refractivity contribution in [1.82, 2.24) is 9.80 Å². The summed E-state index contributed by atoms with van der Waals surface area (Å²) in [4.78, 5) is 27.5. The summed E-state index contributed by atoms with van der Waals surface area (Å²) in [5, 5.41) is 10.7. The van der Waals surface area contributed by atoms with Gasteiger partial charge in [0, 0.05) is 49.3 Å². The second kappa shape index (κ2) is 7.19. The molecule has 3 rings (SSSR count). The van der Waals surface area contributed by atoms with E-state index in [1.54, 1.807) is 12.1 Å². The minimum absolute atomic E-state index is 0.110. The first-order chi connectivity index (χ1) is 12.3. The molecule has 2 aliphatic heterocycles. The van der Waals surface area contributed by atoms with Crippen molar-refractivity contribution in [2.45, 2.75) is 45.7 Å². The number of benzene rings is 1. The van der Waals surface area contributed by atoms with Gasteiger partial charge in [-0.1, -0.05) is 32.9 Å². The van der Waals surface area contributed by atoms with Crippen molar-refractivity contribution in [2.75, 3.05) is 19.6 Å². The lowest BCUT2D eigenvalue weighted by Crippen LogP contribution is -2.58. The van der Waals surface area contributed by atoms with Gasteiger partial charge in [0.25, 0.3) is 5.69 Å². The molecule has 140 valence electrons. The van der Waals surface area contributed by atoms with E-state index in [-0.39, 0.29) is 21.9 Å². The van der Waals surface area contributed by atoms with Crippen molar-refractivity contribution in [3.8, 4) is 0 Å². The van der Waals surface area contributed by atoms with E-state index >= 15 is 0 Å². The summed E-state index contributed by atoms with van der Waals surface area (Å²) in [5.74, 6) is 0.270. The van der Waals surface area contributed by atoms with Crippen molar-refractivity contribution in [3.05, 3.63) is 46.0 Å². The summed E-state index contributed by atoms with van der Waals surface area (Å²) in [6.07, 6.45) is 6.28. The van der Waals surface area contributed by atoms with Gasteiger partial charge in [0.2, 0.25) is 5.91 Å². The Morgan fingerprint density at radius 2 is 1.77 bits per heavy atom. The smallest absolute Gasteiger partial charge is 0.269 e. The maximum Gasteiger partial charge on any atom is 0.269 e. The fourth-order valence-corrected chi connectivity index (χ4v) is 3.90. The number of nitro benzene ring substituents is 1. The van der Waals surface area contributed by atoms with Crippen molar-refractivity contribution in [3.63, 3.8) is 0 Å². The highest BCUT2D eigenvalue weighted by Crippen LogP contribution is 2.34. The number of non-ortho nitro benzene ring substituents is 1. The minimum atomic E-state index is -0.387. The van der Waals surface area contributed by atoms with E-state index in [2.05, 4.69) is 15.9 Å². The van der Waals surface area contributed by atoms with Gasteiger partial charge in [0.05, 0.1) is 4.92 Å². The largest absolute Gasteiger partial charge is 0.334 e. The van der Waals surface area contributed by atoms with Gasteiger partial charge in [-0.2, -0.15) is 0 Å². The molecule has 2 aliphatic rings. The minimum Gasteiger partial charge on any atom is -0.334 e. The van der Waals surface area contributed by atoms with Crippen LogP contribution in [0.3, 0.4) is 0 Å². The molecule has 2 fully saturated rings. The highest BCUT2D eigenvalue weighted by atomic mass is 16.6. The average molecular weight is 357 g/mol. The Morgan fingerprint density at radius 1 is 1.19 bits per heavy atom. The zero-order valence-corrected chi connectivity index (χ0v) is 15.7. The topological polar surface area (TPSA) is 66.7 Å². The van der Waals surface area contributed by atoms with Gasteiger partial charge >= 0.3 is 0 Å². The van der Waals surface area contributed by atoms with Crippen LogP contribution in [0, 0.1) is 15.5 Å². The lowest BCUT2D eigenvalue weighted by molar-refractivity contribution is -0.384. The van der Waals surface area contributed by atoms with Crippen LogP contribution in [-0.4, -0.2) is 52.3 Å². The summed E-state index contributed by atoms with van der Waals surface area (Å²) < 4.78 is 0. The summed E-state index contributed by atoms with van der Waals surface area (Å²) in [5.41, 5.74) is 0.747. The summed E-state index contributed by atoms with van der Waals surface area (Å²) in [7, 11) is 0. The van der Waals surface area contributed by atoms with Crippen molar-refractivity contribution >= 4 is 17.7 Å². The molecule has 2 heterocycles. The van der Waals surface area contributed by atoms with Gasteiger partial charge in [-0.15, -0.1) is 0 Å². The molecule has 26 heavy (non-hydrogen) atoms. The SMILES string of the molecule is CC(C)(C)C(=O)N1C2CCC1CN(CC=Cc1ccc([N+](=O)[O-])cc1)C2. The number of carbonyl (C=O) groups excluding carboxylic acids is 1. The quantitative estimate of drug-likeness (QED) is 0.612. The van der Waals surface area contributed by atoms with Gasteiger partial charge in [-0.25, -0.2) is 0 Å². The average Bonchev–Trinajstić information content (AvgIpc) is 2.84. The van der Waals surface area contributed by atoms with Crippen LogP contribution in [-0.2, 0) is 4.79 Å². The molecule has 6 nitrogen and oxygen atoms in total. The number of hydrogen-bond acceptors (Lipinski definition) is 4. The molecule has 0 aliphatic carbocycles. The van der Waals surface area contributed by atoms with Crippen LogP contribution < -0.4 is 0 Å². The first-order valence-electron chi connectivity index (χ1n) is 9.22. The van der Waals surface area contributed by atoms with E-state index < -0.39 is 0 Å². The number of nitrogens with zero attached hydrogens (tertiary/aromatic N) is 3. The Labute approximate surface area is 154 Å². The predicted octanol–water partition coefficient (Wildman–Crippen LogP) is 3.33. The fourth-order valence-electron chi connectivity index (χ4n) is 3.90. The maximum atomic E-state index is 12.7. The zero-order chi connectivity index (χ0) is 18.9. The standard InChI is InChI=1S/C20H27N3O3/c1-20(2,3)19(24)22-17-10-11-18(22)14-21(13-17)12-4-5-15-6-8-16(9-7-15)23(25)26/h4-9,17-18H,10-14H2,1-3H3. The first-order valence-corrected chi connectivity index (χ1v) is 9.22. The first kappa shape index (κ1) is 18.6. The molecule has 1 aromatic carbocycles. The molecule has 0 aromatic heterocycles. The lowest BCUT2D eigenvalue weighted by atomic mass is 9.93. The number of hydrogen-bond donors (Lipinski definition) is 0. The Morgan fingerprint density at radius 3 is 2.27 bits per heavy atom. The van der Waals surface area contributed by atoms with Crippen molar-refractivity contribution in [2.24, 2.45) is 5.41 Å². The predicted molar refractivity (Wildman–Crippen MR) is 102 cm³/mol. The van der Waals surface area contributed by atoms with Crippen LogP contribution in [0.4, 0.5) is 5.69 Å². The Balaban J connectivity index is 1.57. The van der Waals surface area contributed by atoms with E-state index in [1.165, 1.54) is 12.1 Å². The monoisotopic (exact) mass is 357 g/mol. The molecule has 1 amide bonds. The highest BCUT2D eigenvalue weighted by molar-refractivity contribution is 5.82. The highest BCUT2D eigenvalue weighted by Gasteiger charge is 2.44. The summed E-state index contributed by atoms with van der Waals surface area (Å²) in [6, 6.07) is 7.23. The number of carbonyl (C=O) groups is 1. The maximum absolute atomic E-state index is 12.7. The van der Waals surface area contributed by atoms with Crippen LogP contribution >= 0.6 is 0 Å². The van der Waals surface area contributed by atoms with Crippen molar-refractivity contribution in [1.29, 1.82) is 0 Å². The molecule has 0 radical (unpaired) electrons. The van der Waals surface area contributed by atoms with Crippen LogP contribution in [0.1, 0.15) is 39.2 Å². The third-order valence-electron chi connectivity index (χ3n) is 5.21. The molecule has 0 N–H and O–H groups in total. The molecular formula is C20H27N3O3. The lowest BCUT2D eigenvalue weighted by Gasteiger charge is -2.43. The number of likely N-dealkylation sites (tertiary alicyclic amines) is 1. The number of piperazine rings is 1. The van der Waals surface area contributed by atoms with Crippen LogP contribution in [0.2, 0.25) is 0 Å². The number of nitro groups is 1. The molecule has 2 unspecified atom stereocenters. The normalized spacial score (nSPS) is 23.6.